The predicted octanol–water partition coefficient (Wildman–Crippen LogP) is 1.35. The molecule has 0 aliphatic carbocycles. The summed E-state index contributed by atoms with van der Waals surface area (Å²) in [6.07, 6.45) is 1.14. The zero-order valence-corrected chi connectivity index (χ0v) is 17.8. The summed E-state index contributed by atoms with van der Waals surface area (Å²) in [5.74, 6) is -0.441. The lowest BCUT2D eigenvalue weighted by Gasteiger charge is -2.36. The molecule has 2 aliphatic rings. The summed E-state index contributed by atoms with van der Waals surface area (Å²) in [5.41, 5.74) is 0.763. The first-order valence-electron chi connectivity index (χ1n) is 10.5. The van der Waals surface area contributed by atoms with Crippen molar-refractivity contribution in [3.05, 3.63) is 29.3 Å². The van der Waals surface area contributed by atoms with Gasteiger partial charge in [-0.1, -0.05) is 0 Å². The molecule has 0 saturated carbocycles. The topological polar surface area (TPSA) is 109 Å². The van der Waals surface area contributed by atoms with Gasteiger partial charge in [-0.15, -0.1) is 0 Å². The van der Waals surface area contributed by atoms with Crippen LogP contribution in [0, 0.1) is 11.3 Å². The van der Waals surface area contributed by atoms with E-state index in [4.69, 9.17) is 19.5 Å². The van der Waals surface area contributed by atoms with E-state index >= 15 is 0 Å². The number of carbonyl (C=O) groups excluding carboxylic acids is 3. The van der Waals surface area contributed by atoms with Gasteiger partial charge in [0.25, 0.3) is 5.91 Å². The predicted molar refractivity (Wildman–Crippen MR) is 109 cm³/mol. The first-order valence-corrected chi connectivity index (χ1v) is 10.5. The number of hydrogen-bond donors (Lipinski definition) is 0. The van der Waals surface area contributed by atoms with Crippen molar-refractivity contribution >= 4 is 17.8 Å². The second-order valence-electron chi connectivity index (χ2n) is 7.49. The van der Waals surface area contributed by atoms with Gasteiger partial charge < -0.3 is 24.0 Å². The van der Waals surface area contributed by atoms with Crippen LogP contribution in [0.3, 0.4) is 0 Å². The van der Waals surface area contributed by atoms with Gasteiger partial charge in [-0.25, -0.2) is 4.79 Å². The number of nitriles is 1. The molecular weight excluding hydrogens is 402 g/mol. The van der Waals surface area contributed by atoms with Crippen LogP contribution in [0.15, 0.2) is 18.2 Å². The minimum absolute atomic E-state index is 0.0853. The Morgan fingerprint density at radius 3 is 2.71 bits per heavy atom. The molecule has 166 valence electrons. The summed E-state index contributed by atoms with van der Waals surface area (Å²) in [6, 6.07) is 6.07. The van der Waals surface area contributed by atoms with Crippen LogP contribution in [0.25, 0.3) is 0 Å². The van der Waals surface area contributed by atoms with Gasteiger partial charge in [0, 0.05) is 13.1 Å². The molecule has 3 rings (SSSR count). The first-order chi connectivity index (χ1) is 14.9. The van der Waals surface area contributed by atoms with Crippen molar-refractivity contribution in [2.45, 2.75) is 38.8 Å². The van der Waals surface area contributed by atoms with Crippen LogP contribution >= 0.6 is 0 Å². The van der Waals surface area contributed by atoms with Gasteiger partial charge in [-0.2, -0.15) is 5.26 Å². The van der Waals surface area contributed by atoms with E-state index in [1.54, 1.807) is 36.9 Å². The van der Waals surface area contributed by atoms with Crippen molar-refractivity contribution in [2.75, 3.05) is 39.5 Å². The zero-order valence-electron chi connectivity index (χ0n) is 17.8. The van der Waals surface area contributed by atoms with Crippen LogP contribution in [0.1, 0.15) is 42.6 Å². The number of rotatable bonds is 6. The minimum Gasteiger partial charge on any atom is -0.491 e. The molecule has 0 unspecified atom stereocenters. The average molecular weight is 429 g/mol. The fourth-order valence-corrected chi connectivity index (χ4v) is 3.80. The zero-order chi connectivity index (χ0) is 22.4. The van der Waals surface area contributed by atoms with E-state index in [0.29, 0.717) is 49.4 Å². The van der Waals surface area contributed by atoms with E-state index in [0.717, 1.165) is 0 Å². The van der Waals surface area contributed by atoms with Gasteiger partial charge in [-0.05, 0) is 44.9 Å². The van der Waals surface area contributed by atoms with E-state index in [2.05, 4.69) is 0 Å². The molecule has 1 aromatic carbocycles. The molecule has 1 saturated heterocycles. The number of hydrogen-bond acceptors (Lipinski definition) is 7. The Hall–Kier alpha value is -3.12. The number of esters is 1. The van der Waals surface area contributed by atoms with Crippen LogP contribution < -0.4 is 4.74 Å². The second kappa shape index (κ2) is 10.3. The number of nitrogens with zero attached hydrogens (tertiary/aromatic N) is 3. The highest BCUT2D eigenvalue weighted by Crippen LogP contribution is 2.26. The Labute approximate surface area is 181 Å². The largest absolute Gasteiger partial charge is 0.491 e. The van der Waals surface area contributed by atoms with Gasteiger partial charge in [0.05, 0.1) is 36.5 Å². The monoisotopic (exact) mass is 429 g/mol. The van der Waals surface area contributed by atoms with Gasteiger partial charge >= 0.3 is 5.97 Å². The van der Waals surface area contributed by atoms with Crippen molar-refractivity contribution in [1.82, 2.24) is 9.80 Å². The third kappa shape index (κ3) is 5.33. The molecule has 2 heterocycles. The van der Waals surface area contributed by atoms with E-state index in [-0.39, 0.29) is 37.7 Å². The summed E-state index contributed by atoms with van der Waals surface area (Å²) in [7, 11) is 0. The number of benzene rings is 1. The highest BCUT2D eigenvalue weighted by Gasteiger charge is 2.34. The second-order valence-corrected chi connectivity index (χ2v) is 7.49. The normalized spacial score (nSPS) is 17.8. The van der Waals surface area contributed by atoms with Crippen LogP contribution in [0.2, 0.25) is 0 Å². The number of amides is 2. The molecule has 2 aliphatic heterocycles. The van der Waals surface area contributed by atoms with Crippen LogP contribution in [0.5, 0.6) is 5.75 Å². The molecule has 0 spiro atoms. The van der Waals surface area contributed by atoms with Crippen molar-refractivity contribution in [3.8, 4) is 11.8 Å². The summed E-state index contributed by atoms with van der Waals surface area (Å²) < 4.78 is 16.1. The molecule has 31 heavy (non-hydrogen) atoms. The maximum absolute atomic E-state index is 13.1. The summed E-state index contributed by atoms with van der Waals surface area (Å²) in [4.78, 5) is 40.8. The third-order valence-electron chi connectivity index (χ3n) is 5.51. The summed E-state index contributed by atoms with van der Waals surface area (Å²) in [6.45, 7) is 5.21. The first kappa shape index (κ1) is 22.6. The Morgan fingerprint density at radius 1 is 1.29 bits per heavy atom. The standard InChI is InChI=1S/C22H27N3O6/c1-3-29-20(26)14-31-17-6-8-24(9-7-17)21(27)15(2)25-10-11-30-19-12-16(13-23)4-5-18(19)22(25)28/h4-5,12,15,17H,3,6-11,14H2,1-2H3/t15-/m0/s1. The molecule has 1 atom stereocenters. The molecule has 9 heteroatoms. The van der Waals surface area contributed by atoms with Crippen LogP contribution in [-0.2, 0) is 19.1 Å². The van der Waals surface area contributed by atoms with Crippen molar-refractivity contribution in [1.29, 1.82) is 5.26 Å². The Morgan fingerprint density at radius 2 is 2.03 bits per heavy atom. The van der Waals surface area contributed by atoms with Crippen molar-refractivity contribution in [3.63, 3.8) is 0 Å². The SMILES string of the molecule is CCOC(=O)COC1CCN(C(=O)[C@H](C)N2CCOc3cc(C#N)ccc3C2=O)CC1. The Bertz CT molecular complexity index is 872. The van der Waals surface area contributed by atoms with E-state index in [1.165, 1.54) is 4.90 Å². The number of ether oxygens (including phenoxy) is 3. The Kier molecular flexibility index (Phi) is 7.47. The van der Waals surface area contributed by atoms with Crippen molar-refractivity contribution < 1.29 is 28.6 Å². The van der Waals surface area contributed by atoms with E-state index in [1.807, 2.05) is 6.07 Å². The van der Waals surface area contributed by atoms with Gasteiger partial charge in [0.15, 0.2) is 0 Å². The van der Waals surface area contributed by atoms with Gasteiger partial charge in [0.2, 0.25) is 5.91 Å². The molecular formula is C22H27N3O6. The van der Waals surface area contributed by atoms with Crippen LogP contribution in [0.4, 0.5) is 0 Å². The fourth-order valence-electron chi connectivity index (χ4n) is 3.80. The highest BCUT2D eigenvalue weighted by atomic mass is 16.6. The van der Waals surface area contributed by atoms with Gasteiger partial charge in [0.1, 0.15) is 25.0 Å². The number of fused-ring (bicyclic) bond motifs is 1. The average Bonchev–Trinajstić information content (AvgIpc) is 2.95. The third-order valence-corrected chi connectivity index (χ3v) is 5.51. The minimum atomic E-state index is -0.644. The Balaban J connectivity index is 1.58. The molecule has 0 N–H and O–H groups in total. The maximum Gasteiger partial charge on any atom is 0.332 e. The van der Waals surface area contributed by atoms with Gasteiger partial charge in [-0.3, -0.25) is 9.59 Å². The number of likely N-dealkylation sites (tertiary alicyclic amines) is 1. The molecule has 0 aromatic heterocycles. The highest BCUT2D eigenvalue weighted by molar-refractivity contribution is 6.00. The number of carbonyl (C=O) groups is 3. The molecule has 1 fully saturated rings. The molecule has 0 radical (unpaired) electrons. The molecule has 1 aromatic rings. The summed E-state index contributed by atoms with van der Waals surface area (Å²) in [5, 5.41) is 9.05. The molecule has 0 bridgehead atoms. The molecule has 9 nitrogen and oxygen atoms in total. The molecule has 2 amide bonds. The van der Waals surface area contributed by atoms with Crippen molar-refractivity contribution in [2.24, 2.45) is 0 Å². The lowest BCUT2D eigenvalue weighted by molar-refractivity contribution is -0.152. The van der Waals surface area contributed by atoms with E-state index < -0.39 is 12.0 Å². The van der Waals surface area contributed by atoms with E-state index in [9.17, 15) is 14.4 Å². The lowest BCUT2D eigenvalue weighted by Crippen LogP contribution is -2.52. The smallest absolute Gasteiger partial charge is 0.332 e. The summed E-state index contributed by atoms with van der Waals surface area (Å²) >= 11 is 0. The quantitative estimate of drug-likeness (QED) is 0.628. The maximum atomic E-state index is 13.1. The van der Waals surface area contributed by atoms with Crippen LogP contribution in [-0.4, -0.2) is 79.2 Å². The lowest BCUT2D eigenvalue weighted by atomic mass is 10.1. The fraction of sp³-hybridized carbons (Fsp3) is 0.545. The number of piperidine rings is 1.